The molecule has 0 saturated heterocycles. The van der Waals surface area contributed by atoms with E-state index in [9.17, 15) is 22.7 Å². The molecule has 178 valence electrons. The first-order valence-corrected chi connectivity index (χ1v) is 10.9. The molecule has 0 aliphatic carbocycles. The van der Waals surface area contributed by atoms with E-state index in [2.05, 4.69) is 15.0 Å². The summed E-state index contributed by atoms with van der Waals surface area (Å²) in [7, 11) is 0. The maximum atomic E-state index is 13.8. The minimum absolute atomic E-state index is 0.106. The van der Waals surface area contributed by atoms with Gasteiger partial charge in [-0.05, 0) is 73.9 Å². The first-order chi connectivity index (χ1) is 15.0. The van der Waals surface area contributed by atoms with Crippen LogP contribution in [0.1, 0.15) is 64.5 Å². The summed E-state index contributed by atoms with van der Waals surface area (Å²) in [5, 5.41) is 13.8. The quantitative estimate of drug-likeness (QED) is 0.264. The van der Waals surface area contributed by atoms with Crippen molar-refractivity contribution in [2.75, 3.05) is 5.32 Å². The number of benzene rings is 1. The van der Waals surface area contributed by atoms with Gasteiger partial charge >= 0.3 is 12.2 Å². The minimum atomic E-state index is -3.93. The van der Waals surface area contributed by atoms with Crippen molar-refractivity contribution >= 4 is 11.9 Å². The van der Waals surface area contributed by atoms with Crippen molar-refractivity contribution in [1.82, 2.24) is 0 Å². The summed E-state index contributed by atoms with van der Waals surface area (Å²) in [5.74, 6) is -0.106. The topological polar surface area (TPSA) is 53.9 Å². The molecule has 1 unspecified atom stereocenters. The molecular formula is C24H32F4N2O2. The average Bonchev–Trinajstić information content (AvgIpc) is 2.76. The standard InChI is InChI=1S/C24H32F4N2O2/c1-5-12-29-15-17(6-2)16(4)20(7-3)30-21-13-18-8-10-23(25,26)32-24(27,28)11-9-19(18)14-22(21)31/h5,12-15,20,30-31H,6-11H2,1-4H3/b12-5-,17-16+,29-15+. The Morgan fingerprint density at radius 1 is 1.16 bits per heavy atom. The summed E-state index contributed by atoms with van der Waals surface area (Å²) in [5.41, 5.74) is 3.38. The van der Waals surface area contributed by atoms with Crippen molar-refractivity contribution in [2.45, 2.75) is 84.5 Å². The fourth-order valence-electron chi connectivity index (χ4n) is 3.76. The highest BCUT2D eigenvalue weighted by atomic mass is 19.3. The number of allylic oxidation sites excluding steroid dienone is 2. The van der Waals surface area contributed by atoms with Gasteiger partial charge in [0, 0.05) is 31.3 Å². The van der Waals surface area contributed by atoms with E-state index in [4.69, 9.17) is 0 Å². The number of nitrogens with one attached hydrogen (secondary N) is 1. The van der Waals surface area contributed by atoms with Crippen LogP contribution in [0.2, 0.25) is 0 Å². The number of anilines is 1. The molecule has 2 rings (SSSR count). The number of aromatic hydroxyl groups is 1. The van der Waals surface area contributed by atoms with E-state index >= 15 is 0 Å². The molecule has 0 bridgehead atoms. The van der Waals surface area contributed by atoms with Crippen LogP contribution in [0, 0.1) is 0 Å². The van der Waals surface area contributed by atoms with E-state index in [1.807, 2.05) is 33.8 Å². The van der Waals surface area contributed by atoms with E-state index < -0.39 is 25.1 Å². The van der Waals surface area contributed by atoms with Crippen molar-refractivity contribution in [1.29, 1.82) is 0 Å². The Labute approximate surface area is 187 Å². The van der Waals surface area contributed by atoms with Gasteiger partial charge in [0.1, 0.15) is 5.75 Å². The molecule has 0 saturated carbocycles. The zero-order chi connectivity index (χ0) is 23.9. The van der Waals surface area contributed by atoms with Crippen LogP contribution in [0.15, 0.2) is 40.5 Å². The lowest BCUT2D eigenvalue weighted by Gasteiger charge is -2.23. The van der Waals surface area contributed by atoms with Crippen LogP contribution < -0.4 is 5.32 Å². The van der Waals surface area contributed by atoms with Crippen LogP contribution in [-0.4, -0.2) is 29.6 Å². The van der Waals surface area contributed by atoms with Gasteiger partial charge in [0.05, 0.1) is 5.69 Å². The maximum Gasteiger partial charge on any atom is 0.360 e. The highest BCUT2D eigenvalue weighted by molar-refractivity contribution is 5.80. The Bertz CT molecular complexity index is 879. The van der Waals surface area contributed by atoms with Gasteiger partial charge in [-0.3, -0.25) is 9.73 Å². The molecule has 8 heteroatoms. The second kappa shape index (κ2) is 11.0. The summed E-state index contributed by atoms with van der Waals surface area (Å²) in [6.45, 7) is 7.88. The van der Waals surface area contributed by atoms with Crippen LogP contribution in [0.3, 0.4) is 0 Å². The van der Waals surface area contributed by atoms with E-state index in [0.717, 1.165) is 17.6 Å². The first-order valence-electron chi connectivity index (χ1n) is 10.9. The van der Waals surface area contributed by atoms with Gasteiger partial charge in [0.25, 0.3) is 0 Å². The molecule has 32 heavy (non-hydrogen) atoms. The molecule has 1 aromatic rings. The SMILES string of the molecule is C\C=C/N=C/C(CC)=C(\C)C(CC)Nc1cc2c(cc1O)CCC(F)(F)OC(F)(F)CC2. The molecule has 1 aliphatic rings. The maximum absolute atomic E-state index is 13.8. The highest BCUT2D eigenvalue weighted by Crippen LogP contribution is 2.38. The van der Waals surface area contributed by atoms with Crippen LogP contribution >= 0.6 is 0 Å². The molecule has 2 N–H and O–H groups in total. The average molecular weight is 457 g/mol. The number of rotatable bonds is 7. The third-order valence-corrected chi connectivity index (χ3v) is 5.60. The Hall–Kier alpha value is -2.35. The molecule has 0 aromatic heterocycles. The Morgan fingerprint density at radius 2 is 1.75 bits per heavy atom. The van der Waals surface area contributed by atoms with Crippen molar-refractivity contribution < 1.29 is 27.4 Å². The number of fused-ring (bicyclic) bond motifs is 1. The summed E-state index contributed by atoms with van der Waals surface area (Å²) in [4.78, 5) is 4.25. The fraction of sp³-hybridized carbons (Fsp3) is 0.542. The molecule has 0 radical (unpaired) electrons. The van der Waals surface area contributed by atoms with Crippen LogP contribution in [0.25, 0.3) is 0 Å². The van der Waals surface area contributed by atoms with E-state index in [1.165, 1.54) is 6.07 Å². The van der Waals surface area contributed by atoms with E-state index in [-0.39, 0.29) is 24.6 Å². The number of nitrogens with zero attached hydrogens (tertiary/aromatic N) is 1. The monoisotopic (exact) mass is 456 g/mol. The van der Waals surface area contributed by atoms with Gasteiger partial charge in [-0.2, -0.15) is 17.6 Å². The van der Waals surface area contributed by atoms with E-state index in [0.29, 0.717) is 23.2 Å². The van der Waals surface area contributed by atoms with Crippen molar-refractivity contribution in [3.05, 3.63) is 46.7 Å². The summed E-state index contributed by atoms with van der Waals surface area (Å²) < 4.78 is 58.9. The van der Waals surface area contributed by atoms with E-state index in [1.54, 1.807) is 18.5 Å². The van der Waals surface area contributed by atoms with Gasteiger partial charge in [0.2, 0.25) is 0 Å². The molecule has 1 heterocycles. The van der Waals surface area contributed by atoms with Gasteiger partial charge in [0.15, 0.2) is 0 Å². The molecule has 1 atom stereocenters. The molecule has 0 fully saturated rings. The molecule has 0 spiro atoms. The lowest BCUT2D eigenvalue weighted by atomic mass is 9.96. The number of halogens is 4. The van der Waals surface area contributed by atoms with Crippen LogP contribution in [0.4, 0.5) is 23.2 Å². The largest absolute Gasteiger partial charge is 0.506 e. The van der Waals surface area contributed by atoms with Crippen molar-refractivity contribution in [3.8, 4) is 5.75 Å². The predicted octanol–water partition coefficient (Wildman–Crippen LogP) is 6.99. The van der Waals surface area contributed by atoms with Gasteiger partial charge in [-0.15, -0.1) is 0 Å². The fourth-order valence-corrected chi connectivity index (χ4v) is 3.76. The Morgan fingerprint density at radius 3 is 2.28 bits per heavy atom. The van der Waals surface area contributed by atoms with Gasteiger partial charge in [-0.1, -0.05) is 19.9 Å². The first kappa shape index (κ1) is 25.9. The third-order valence-electron chi connectivity index (χ3n) is 5.60. The number of ether oxygens (including phenoxy) is 1. The Balaban J connectivity index is 2.36. The smallest absolute Gasteiger partial charge is 0.360 e. The number of hydrogen-bond acceptors (Lipinski definition) is 4. The minimum Gasteiger partial charge on any atom is -0.506 e. The molecule has 1 aromatic carbocycles. The number of alkyl halides is 4. The lowest BCUT2D eigenvalue weighted by Crippen LogP contribution is -2.33. The number of aryl methyl sites for hydroxylation is 2. The number of phenols is 1. The summed E-state index contributed by atoms with van der Waals surface area (Å²) in [6, 6.07) is 2.84. The number of phenolic OH excluding ortho intramolecular Hbond substituents is 1. The summed E-state index contributed by atoms with van der Waals surface area (Å²) >= 11 is 0. The zero-order valence-corrected chi connectivity index (χ0v) is 19.0. The number of hydrogen-bond donors (Lipinski definition) is 2. The van der Waals surface area contributed by atoms with Crippen LogP contribution in [-0.2, 0) is 17.6 Å². The highest BCUT2D eigenvalue weighted by Gasteiger charge is 2.44. The third kappa shape index (κ3) is 7.08. The van der Waals surface area contributed by atoms with Gasteiger partial charge in [-0.25, -0.2) is 0 Å². The van der Waals surface area contributed by atoms with Gasteiger partial charge < -0.3 is 10.4 Å². The molecular weight excluding hydrogens is 424 g/mol. The van der Waals surface area contributed by atoms with Crippen LogP contribution in [0.5, 0.6) is 5.75 Å². The molecule has 0 amide bonds. The Kier molecular flexibility index (Phi) is 8.89. The predicted molar refractivity (Wildman–Crippen MR) is 120 cm³/mol. The zero-order valence-electron chi connectivity index (χ0n) is 19.0. The van der Waals surface area contributed by atoms with Crippen molar-refractivity contribution in [2.24, 2.45) is 4.99 Å². The van der Waals surface area contributed by atoms with Crippen molar-refractivity contribution in [3.63, 3.8) is 0 Å². The lowest BCUT2D eigenvalue weighted by molar-refractivity contribution is -0.377. The normalized spacial score (nSPS) is 20.2. The molecule has 1 aliphatic heterocycles. The second-order valence-corrected chi connectivity index (χ2v) is 7.94. The summed E-state index contributed by atoms with van der Waals surface area (Å²) in [6.07, 6.45) is -3.12. The molecule has 4 nitrogen and oxygen atoms in total. The second-order valence-electron chi connectivity index (χ2n) is 7.94. The number of aliphatic imine (C=N–C) groups is 1.